The summed E-state index contributed by atoms with van der Waals surface area (Å²) in [5.74, 6) is -2.02. The summed E-state index contributed by atoms with van der Waals surface area (Å²) in [7, 11) is 2.01. The fourth-order valence-corrected chi connectivity index (χ4v) is 5.13. The zero-order chi connectivity index (χ0) is 29.3. The largest absolute Gasteiger partial charge is 0.378 e. The summed E-state index contributed by atoms with van der Waals surface area (Å²) in [6, 6.07) is 3.58. The lowest BCUT2D eigenvalue weighted by atomic mass is 10.0. The van der Waals surface area contributed by atoms with Gasteiger partial charge in [-0.1, -0.05) is 0 Å². The van der Waals surface area contributed by atoms with Crippen LogP contribution in [-0.4, -0.2) is 84.3 Å². The van der Waals surface area contributed by atoms with Crippen LogP contribution in [0.3, 0.4) is 0 Å². The lowest BCUT2D eigenvalue weighted by Crippen LogP contribution is -2.55. The number of nitrogens with zero attached hydrogens (tertiary/aromatic N) is 6. The summed E-state index contributed by atoms with van der Waals surface area (Å²) in [5, 5.41) is 2.64. The van der Waals surface area contributed by atoms with Crippen molar-refractivity contribution in [2.75, 3.05) is 61.6 Å². The highest BCUT2D eigenvalue weighted by Gasteiger charge is 2.30. The molecule has 9 nitrogen and oxygen atoms in total. The van der Waals surface area contributed by atoms with E-state index in [1.54, 1.807) is 0 Å². The first-order valence-corrected chi connectivity index (χ1v) is 13.3. The molecule has 5 rings (SSSR count). The summed E-state index contributed by atoms with van der Waals surface area (Å²) in [4.78, 5) is 31.8. The minimum atomic E-state index is -3.12. The minimum absolute atomic E-state index is 0.119. The van der Waals surface area contributed by atoms with Crippen LogP contribution in [0.2, 0.25) is 0 Å². The first kappa shape index (κ1) is 28.7. The number of rotatable bonds is 6. The van der Waals surface area contributed by atoms with E-state index in [1.165, 1.54) is 24.5 Å². The molecule has 1 amide bonds. The van der Waals surface area contributed by atoms with Gasteiger partial charge in [0.25, 0.3) is 12.3 Å². The van der Waals surface area contributed by atoms with Gasteiger partial charge in [-0.05, 0) is 39.1 Å². The van der Waals surface area contributed by atoms with Crippen molar-refractivity contribution in [2.45, 2.75) is 32.4 Å². The molecule has 2 aliphatic rings. The van der Waals surface area contributed by atoms with Crippen LogP contribution in [0, 0.1) is 11.6 Å². The molecular formula is C28H31F4N7O2. The Labute approximate surface area is 235 Å². The predicted octanol–water partition coefficient (Wildman–Crippen LogP) is 4.37. The van der Waals surface area contributed by atoms with Crippen molar-refractivity contribution >= 4 is 23.2 Å². The monoisotopic (exact) mass is 573 g/mol. The number of hydrogen-bond donors (Lipinski definition) is 1. The second-order valence-corrected chi connectivity index (χ2v) is 10.3. The molecule has 0 unspecified atom stereocenters. The van der Waals surface area contributed by atoms with Crippen LogP contribution < -0.4 is 15.1 Å². The van der Waals surface area contributed by atoms with E-state index in [4.69, 9.17) is 4.74 Å². The number of benzene rings is 1. The van der Waals surface area contributed by atoms with Crippen LogP contribution in [0.15, 0.2) is 36.8 Å². The van der Waals surface area contributed by atoms with E-state index in [2.05, 4.69) is 25.2 Å². The molecule has 218 valence electrons. The Morgan fingerprint density at radius 3 is 2.27 bits per heavy atom. The second-order valence-electron chi connectivity index (χ2n) is 10.3. The maximum atomic E-state index is 15.7. The Bertz CT molecular complexity index is 1390. The van der Waals surface area contributed by atoms with Gasteiger partial charge in [-0.3, -0.25) is 9.69 Å². The number of piperazine rings is 1. The number of carbonyl (C=O) groups excluding carboxylic acids is 1. The molecule has 1 N–H and O–H groups in total. The van der Waals surface area contributed by atoms with Crippen molar-refractivity contribution in [2.24, 2.45) is 0 Å². The number of carbonyl (C=O) groups is 1. The van der Waals surface area contributed by atoms with E-state index in [-0.39, 0.29) is 23.3 Å². The van der Waals surface area contributed by atoms with Gasteiger partial charge in [-0.25, -0.2) is 32.5 Å². The van der Waals surface area contributed by atoms with Crippen molar-refractivity contribution in [1.29, 1.82) is 0 Å². The number of aromatic nitrogens is 3. The Hall–Kier alpha value is -3.84. The third-order valence-electron chi connectivity index (χ3n) is 7.61. The normalized spacial score (nSPS) is 20.0. The highest BCUT2D eigenvalue weighted by Crippen LogP contribution is 2.36. The number of anilines is 3. The third kappa shape index (κ3) is 6.10. The van der Waals surface area contributed by atoms with E-state index in [9.17, 15) is 18.0 Å². The molecule has 1 aromatic carbocycles. The molecule has 41 heavy (non-hydrogen) atoms. The minimum Gasteiger partial charge on any atom is -0.378 e. The van der Waals surface area contributed by atoms with Gasteiger partial charge in [0.1, 0.15) is 17.3 Å². The zero-order valence-electron chi connectivity index (χ0n) is 23.0. The smallest absolute Gasteiger partial charge is 0.274 e. The molecular weight excluding hydrogens is 542 g/mol. The van der Waals surface area contributed by atoms with Crippen molar-refractivity contribution in [1.82, 2.24) is 19.9 Å². The highest BCUT2D eigenvalue weighted by atomic mass is 19.3. The van der Waals surface area contributed by atoms with Gasteiger partial charge < -0.3 is 19.9 Å². The van der Waals surface area contributed by atoms with Crippen molar-refractivity contribution in [3.63, 3.8) is 0 Å². The van der Waals surface area contributed by atoms with E-state index < -0.39 is 35.2 Å². The van der Waals surface area contributed by atoms with Gasteiger partial charge in [0.05, 0.1) is 36.3 Å². The number of nitrogens with one attached hydrogen (secondary N) is 1. The summed E-state index contributed by atoms with van der Waals surface area (Å²) in [6.07, 6.45) is 0.578. The zero-order valence-corrected chi connectivity index (χ0v) is 23.0. The number of halogens is 4. The lowest BCUT2D eigenvalue weighted by molar-refractivity contribution is 0.100. The van der Waals surface area contributed by atoms with E-state index in [1.807, 2.05) is 30.7 Å². The molecule has 0 radical (unpaired) electrons. The molecule has 2 aliphatic heterocycles. The van der Waals surface area contributed by atoms with Crippen molar-refractivity contribution in [3.8, 4) is 11.1 Å². The molecule has 2 saturated heterocycles. The second kappa shape index (κ2) is 12.0. The Morgan fingerprint density at radius 1 is 0.976 bits per heavy atom. The molecule has 3 aromatic rings. The van der Waals surface area contributed by atoms with Gasteiger partial charge in [-0.2, -0.15) is 0 Å². The number of ether oxygens (including phenoxy) is 1. The van der Waals surface area contributed by atoms with E-state index in [0.717, 1.165) is 0 Å². The Kier molecular flexibility index (Phi) is 8.36. The van der Waals surface area contributed by atoms with Crippen molar-refractivity contribution < 1.29 is 27.1 Å². The molecule has 0 aliphatic carbocycles. The van der Waals surface area contributed by atoms with E-state index >= 15 is 4.39 Å². The van der Waals surface area contributed by atoms with Gasteiger partial charge in [0, 0.05) is 61.8 Å². The molecule has 13 heteroatoms. The van der Waals surface area contributed by atoms with Crippen LogP contribution >= 0.6 is 0 Å². The van der Waals surface area contributed by atoms with Gasteiger partial charge >= 0.3 is 0 Å². The summed E-state index contributed by atoms with van der Waals surface area (Å²) in [6.45, 7) is 7.55. The first-order valence-electron chi connectivity index (χ1n) is 13.3. The number of hydrogen-bond acceptors (Lipinski definition) is 8. The van der Waals surface area contributed by atoms with E-state index in [0.29, 0.717) is 68.9 Å². The fourth-order valence-electron chi connectivity index (χ4n) is 5.13. The van der Waals surface area contributed by atoms with Gasteiger partial charge in [-0.15, -0.1) is 0 Å². The number of alkyl halides is 2. The Morgan fingerprint density at radius 2 is 1.63 bits per heavy atom. The topological polar surface area (TPSA) is 86.7 Å². The molecule has 0 bridgehead atoms. The Balaban J connectivity index is 1.53. The van der Waals surface area contributed by atoms with Crippen LogP contribution in [-0.2, 0) is 4.74 Å². The van der Waals surface area contributed by atoms with Crippen LogP contribution in [0.25, 0.3) is 11.1 Å². The molecule has 4 heterocycles. The van der Waals surface area contributed by atoms with Crippen LogP contribution in [0.5, 0.6) is 0 Å². The third-order valence-corrected chi connectivity index (χ3v) is 7.61. The average molecular weight is 574 g/mol. The van der Waals surface area contributed by atoms with Crippen LogP contribution in [0.1, 0.15) is 36.3 Å². The van der Waals surface area contributed by atoms with Crippen molar-refractivity contribution in [3.05, 3.63) is 59.7 Å². The number of pyridine rings is 1. The number of likely N-dealkylation sites (N-methyl/N-ethyl adjacent to an activating group) is 1. The SMILES string of the molecule is C[C@@H]1CN(c2cc(F)c(-c3cnc(N4CCOCC4)nc3)cc2NC(=O)c2ncc(F)cc2C(F)F)C[C@H](C)N1C. The molecule has 2 atom stereocenters. The summed E-state index contributed by atoms with van der Waals surface area (Å²) in [5.41, 5.74) is -0.377. The number of amides is 1. The molecule has 2 fully saturated rings. The average Bonchev–Trinajstić information content (AvgIpc) is 2.96. The number of morpholine rings is 1. The molecule has 0 saturated carbocycles. The maximum absolute atomic E-state index is 15.7. The highest BCUT2D eigenvalue weighted by molar-refractivity contribution is 6.06. The van der Waals surface area contributed by atoms with Gasteiger partial charge in [0.2, 0.25) is 5.95 Å². The lowest BCUT2D eigenvalue weighted by Gasteiger charge is -2.44. The maximum Gasteiger partial charge on any atom is 0.274 e. The summed E-state index contributed by atoms with van der Waals surface area (Å²) < 4.78 is 62.0. The molecule has 2 aromatic heterocycles. The predicted molar refractivity (Wildman–Crippen MR) is 146 cm³/mol. The fraction of sp³-hybridized carbons (Fsp3) is 0.429. The first-order chi connectivity index (χ1) is 19.6. The summed E-state index contributed by atoms with van der Waals surface area (Å²) >= 11 is 0. The standard InChI is InChI=1S/C28H31F4N7O2/c1-16-14-39(15-17(2)37(16)3)24-10-22(30)20(18-11-34-28(35-12-18)38-4-6-41-7-5-38)9-23(24)36-27(40)25-21(26(31)32)8-19(29)13-33-25/h8-13,16-17,26H,4-7,14-15H2,1-3H3,(H,36,40)/t16-,17+. The molecule has 0 spiro atoms. The van der Waals surface area contributed by atoms with Gasteiger partial charge in [0.15, 0.2) is 0 Å². The van der Waals surface area contributed by atoms with Crippen LogP contribution in [0.4, 0.5) is 34.9 Å². The quantitative estimate of drug-likeness (QED) is 0.435.